The van der Waals surface area contributed by atoms with Crippen LogP contribution in [0.3, 0.4) is 0 Å². The van der Waals surface area contributed by atoms with E-state index in [1.54, 1.807) is 0 Å². The SMILES string of the molecule is Cc1cn([C@H]2C[C@H](OP(=O)(O)OC[C@H]3O[C@@H](n4cnc5c(N)ncnc54)[C@H](O)[C@@H]3OP(=O)(O)OC[C@H]3O[C@@H](n4ccc(N)nc4=O)[C@H](O)[C@@H]3OP(=O)(O)OC[C@H]3O[C@@H](n4cnc5c(=O)[nH]c(N)nc54)[C@H](O)[C@@H]3O)[C@@H](COP(=O)(O)O)O2)c(=O)[nH]c1=O. The van der Waals surface area contributed by atoms with Crippen LogP contribution in [-0.2, 0) is 68.9 Å². The molecular formula is C39H51N15O28P4. The Balaban J connectivity index is 0.859. The monoisotopic (exact) mass is 1300 g/mol. The highest BCUT2D eigenvalue weighted by Crippen LogP contribution is 2.54. The first-order valence-electron chi connectivity index (χ1n) is 24.7. The number of nitrogens with one attached hydrogen (secondary N) is 2. The molecular weight excluding hydrogens is 1250 g/mol. The van der Waals surface area contributed by atoms with Crippen LogP contribution in [0, 0.1) is 6.92 Å². The number of aliphatic hydroxyl groups is 4. The molecule has 470 valence electrons. The molecule has 18 atom stereocenters. The average molecular weight is 1300 g/mol. The van der Waals surface area contributed by atoms with E-state index in [1.807, 2.05) is 4.98 Å². The van der Waals surface area contributed by atoms with Gasteiger partial charge < -0.3 is 81.0 Å². The molecule has 10 heterocycles. The van der Waals surface area contributed by atoms with Gasteiger partial charge in [0.25, 0.3) is 11.1 Å². The molecule has 4 aliphatic heterocycles. The fourth-order valence-corrected chi connectivity index (χ4v) is 12.7. The van der Waals surface area contributed by atoms with Gasteiger partial charge in [0, 0.05) is 24.4 Å². The largest absolute Gasteiger partial charge is 0.472 e. The van der Waals surface area contributed by atoms with Gasteiger partial charge in [-0.05, 0) is 13.0 Å². The predicted octanol–water partition coefficient (Wildman–Crippen LogP) is -5.14. The van der Waals surface area contributed by atoms with Crippen molar-refractivity contribution in [3.05, 3.63) is 84.7 Å². The summed E-state index contributed by atoms with van der Waals surface area (Å²) in [6.07, 6.45) is -23.1. The molecule has 47 heteroatoms. The van der Waals surface area contributed by atoms with Crippen molar-refractivity contribution in [3.63, 3.8) is 0 Å². The van der Waals surface area contributed by atoms with Crippen LogP contribution in [0.2, 0.25) is 0 Å². The minimum atomic E-state index is -5.74. The van der Waals surface area contributed by atoms with Crippen LogP contribution in [-0.4, -0.2) is 197 Å². The first-order valence-corrected chi connectivity index (χ1v) is 30.7. The van der Waals surface area contributed by atoms with Gasteiger partial charge >= 0.3 is 42.7 Å². The number of nitrogens with two attached hydrogens (primary N) is 3. The number of imidazole rings is 2. The number of H-pyrrole nitrogens is 2. The quantitative estimate of drug-likeness (QED) is 0.0283. The minimum Gasteiger partial charge on any atom is -0.387 e. The summed E-state index contributed by atoms with van der Waals surface area (Å²) in [6.45, 7) is -3.18. The van der Waals surface area contributed by atoms with E-state index in [-0.39, 0.29) is 45.5 Å². The molecule has 43 nitrogen and oxygen atoms in total. The molecule has 0 aromatic carbocycles. The van der Waals surface area contributed by atoms with E-state index < -0.39 is 179 Å². The lowest BCUT2D eigenvalue weighted by atomic mass is 10.1. The first kappa shape index (κ1) is 63.0. The topological polar surface area (TPSA) is 627 Å². The fraction of sp³-hybridized carbons (Fsp3) is 0.538. The third-order valence-electron chi connectivity index (χ3n) is 13.5. The highest BCUT2D eigenvalue weighted by Gasteiger charge is 2.54. The van der Waals surface area contributed by atoms with Gasteiger partial charge in [-0.25, -0.2) is 47.8 Å². The molecule has 86 heavy (non-hydrogen) atoms. The van der Waals surface area contributed by atoms with Crippen LogP contribution in [0.5, 0.6) is 0 Å². The molecule has 0 saturated carbocycles. The van der Waals surface area contributed by atoms with E-state index in [0.717, 1.165) is 51.1 Å². The minimum absolute atomic E-state index is 0.0202. The standard InChI is InChI=1S/C39H51N15O28P4/c1-13-5-52(39(62)50-32(13)59)20-4-14(15(76-20)6-72-83(63,64)65)80-84(66,67)74-8-18-28(26(58)36(79-18)53-11-45-21-29(41)43-10-44-30(21)53)82-86(70,71)75-9-17-27(25(57)35(78-17)51-3-2-19(40)47-38(51)61)81-85(68,69)73-7-16-23(55)24(56)34(77-16)54-12-46-22-31(54)48-37(42)49-33(22)60/h2-3,5,10-12,14-18,20,23-28,34-36,55-58H,4,6-9H2,1H3,(H,66,67)(H,68,69)(H,70,71)(H2,40,47,61)(H2,41,43,44)(H,50,59,62)(H2,63,64,65)(H3,42,48,49,60)/t14-,15+,16+,17+,18+,20+,23+,24+,25+,26+,27+,28+,34+,35+,36+/m0/s1. The van der Waals surface area contributed by atoms with Crippen molar-refractivity contribution in [2.75, 3.05) is 43.6 Å². The maximum absolute atomic E-state index is 14.1. The highest BCUT2D eigenvalue weighted by atomic mass is 31.2. The van der Waals surface area contributed by atoms with Gasteiger partial charge in [0.15, 0.2) is 41.3 Å². The second-order valence-corrected chi connectivity index (χ2v) is 24.7. The number of fused-ring (bicyclic) bond motifs is 2. The van der Waals surface area contributed by atoms with E-state index in [1.165, 1.54) is 6.92 Å². The Labute approximate surface area is 475 Å². The van der Waals surface area contributed by atoms with Crippen molar-refractivity contribution in [2.45, 2.75) is 105 Å². The van der Waals surface area contributed by atoms with E-state index >= 15 is 0 Å². The summed E-state index contributed by atoms with van der Waals surface area (Å²) in [6, 6.07) is 1.09. The van der Waals surface area contributed by atoms with Gasteiger partial charge in [0.2, 0.25) is 5.95 Å². The number of rotatable bonds is 22. The molecule has 0 bridgehead atoms. The lowest BCUT2D eigenvalue weighted by Crippen LogP contribution is -2.38. The summed E-state index contributed by atoms with van der Waals surface area (Å²) in [4.78, 5) is 130. The summed E-state index contributed by atoms with van der Waals surface area (Å²) >= 11 is 0. The predicted molar refractivity (Wildman–Crippen MR) is 275 cm³/mol. The molecule has 6 aromatic heterocycles. The zero-order chi connectivity index (χ0) is 62.1. The number of aryl methyl sites for hydroxylation is 1. The smallest absolute Gasteiger partial charge is 0.387 e. The Kier molecular flexibility index (Phi) is 17.7. The number of anilines is 3. The maximum Gasteiger partial charge on any atom is 0.472 e. The van der Waals surface area contributed by atoms with Crippen LogP contribution in [0.4, 0.5) is 17.6 Å². The van der Waals surface area contributed by atoms with Crippen molar-refractivity contribution in [1.29, 1.82) is 0 Å². The second kappa shape index (κ2) is 24.2. The molecule has 4 aliphatic rings. The molecule has 0 spiro atoms. The Hall–Kier alpha value is -6.02. The van der Waals surface area contributed by atoms with Crippen molar-refractivity contribution < 1.29 is 114 Å². The number of ether oxygens (including phenoxy) is 4. The van der Waals surface area contributed by atoms with Crippen LogP contribution in [0.15, 0.2) is 56.6 Å². The number of hydrogen-bond donors (Lipinski definition) is 14. The van der Waals surface area contributed by atoms with E-state index in [9.17, 15) is 82.3 Å². The molecule has 0 aliphatic carbocycles. The lowest BCUT2D eigenvalue weighted by Gasteiger charge is -2.26. The Morgan fingerprint density at radius 3 is 1.77 bits per heavy atom. The van der Waals surface area contributed by atoms with Gasteiger partial charge in [-0.15, -0.1) is 0 Å². The van der Waals surface area contributed by atoms with Gasteiger partial charge in [0.05, 0.1) is 39.1 Å². The van der Waals surface area contributed by atoms with Crippen molar-refractivity contribution in [2.24, 2.45) is 0 Å². The molecule has 3 unspecified atom stereocenters. The number of aliphatic hydroxyl groups excluding tert-OH is 4. The normalized spacial score (nSPS) is 30.9. The average Bonchev–Trinajstić information content (AvgIpc) is 4.22. The molecule has 6 aromatic rings. The molecule has 0 amide bonds. The number of phosphoric ester groups is 4. The van der Waals surface area contributed by atoms with Gasteiger partial charge in [0.1, 0.15) is 91.0 Å². The van der Waals surface area contributed by atoms with Gasteiger partial charge in [-0.2, -0.15) is 9.97 Å². The van der Waals surface area contributed by atoms with Crippen molar-refractivity contribution in [3.8, 4) is 0 Å². The number of aromatic nitrogens is 12. The van der Waals surface area contributed by atoms with Crippen molar-refractivity contribution in [1.82, 2.24) is 58.1 Å². The molecule has 4 saturated heterocycles. The van der Waals surface area contributed by atoms with Gasteiger partial charge in [-0.1, -0.05) is 0 Å². The number of phosphoric acid groups is 4. The van der Waals surface area contributed by atoms with Crippen LogP contribution >= 0.6 is 31.3 Å². The zero-order valence-electron chi connectivity index (χ0n) is 43.4. The Morgan fingerprint density at radius 2 is 1.15 bits per heavy atom. The number of nitrogens with zero attached hydrogens (tertiary/aromatic N) is 10. The first-order chi connectivity index (χ1) is 40.4. The third kappa shape index (κ3) is 13.4. The van der Waals surface area contributed by atoms with E-state index in [4.69, 9.17) is 63.3 Å². The molecule has 0 radical (unpaired) electrons. The van der Waals surface area contributed by atoms with Gasteiger partial charge in [-0.3, -0.25) is 69.5 Å². The molecule has 4 fully saturated rings. The number of aromatic amines is 2. The summed E-state index contributed by atoms with van der Waals surface area (Å²) in [7, 11) is -22.0. The van der Waals surface area contributed by atoms with Crippen LogP contribution < -0.4 is 39.7 Å². The highest BCUT2D eigenvalue weighted by molar-refractivity contribution is 7.48. The summed E-state index contributed by atoms with van der Waals surface area (Å²) in [5.41, 5.74) is 13.1. The second-order valence-electron chi connectivity index (χ2n) is 19.3. The number of nitrogen functional groups attached to an aromatic ring is 3. The molecule has 17 N–H and O–H groups in total. The summed E-state index contributed by atoms with van der Waals surface area (Å²) in [5.74, 6) is -0.771. The summed E-state index contributed by atoms with van der Waals surface area (Å²) in [5, 5.41) is 45.1. The third-order valence-corrected chi connectivity index (χ3v) is 17.0. The fourth-order valence-electron chi connectivity index (χ4n) is 9.50. The maximum atomic E-state index is 14.1. The molecule has 10 rings (SSSR count). The number of hydrogen-bond acceptors (Lipinski definition) is 32. The summed E-state index contributed by atoms with van der Waals surface area (Å²) < 4.78 is 116. The zero-order valence-corrected chi connectivity index (χ0v) is 47.0. The van der Waals surface area contributed by atoms with E-state index in [0.29, 0.717) is 4.57 Å². The lowest BCUT2D eigenvalue weighted by molar-refractivity contribution is -0.0645. The van der Waals surface area contributed by atoms with Crippen molar-refractivity contribution >= 4 is 71.2 Å². The van der Waals surface area contributed by atoms with E-state index in [2.05, 4.69) is 39.4 Å². The Bertz CT molecular complexity index is 3970. The van der Waals surface area contributed by atoms with Crippen LogP contribution in [0.25, 0.3) is 22.3 Å². The van der Waals surface area contributed by atoms with Crippen LogP contribution in [0.1, 0.15) is 36.9 Å². The Morgan fingerprint density at radius 1 is 0.605 bits per heavy atom.